The van der Waals surface area contributed by atoms with Crippen LogP contribution in [0.15, 0.2) is 0 Å². The lowest BCUT2D eigenvalue weighted by Gasteiger charge is -2.16. The number of rotatable bonds is 5. The molecule has 1 aliphatic carbocycles. The molecule has 1 amide bonds. The molecule has 1 aliphatic rings. The van der Waals surface area contributed by atoms with E-state index < -0.39 is 34.6 Å². The molecule has 2 unspecified atom stereocenters. The average molecular weight is 243 g/mol. The number of nitrogens with one attached hydrogen (secondary N) is 1. The van der Waals surface area contributed by atoms with Crippen molar-refractivity contribution in [3.8, 4) is 0 Å². The summed E-state index contributed by atoms with van der Waals surface area (Å²) in [5, 5.41) is 20.2. The summed E-state index contributed by atoms with van der Waals surface area (Å²) in [7, 11) is 0. The summed E-state index contributed by atoms with van der Waals surface area (Å²) in [6.45, 7) is 4.82. The minimum absolute atomic E-state index is 0.0563. The second kappa shape index (κ2) is 4.01. The van der Waals surface area contributed by atoms with Crippen LogP contribution in [0, 0.1) is 16.7 Å². The van der Waals surface area contributed by atoms with Crippen LogP contribution in [0.25, 0.3) is 0 Å². The maximum absolute atomic E-state index is 11.8. The number of amides is 1. The van der Waals surface area contributed by atoms with E-state index in [1.165, 1.54) is 6.92 Å². The Morgan fingerprint density at radius 3 is 2.06 bits per heavy atom. The van der Waals surface area contributed by atoms with Gasteiger partial charge in [0.25, 0.3) is 0 Å². The van der Waals surface area contributed by atoms with Gasteiger partial charge in [0.1, 0.15) is 0 Å². The lowest BCUT2D eigenvalue weighted by atomic mass is 9.95. The van der Waals surface area contributed by atoms with Crippen molar-refractivity contribution in [3.63, 3.8) is 0 Å². The predicted octanol–water partition coefficient (Wildman–Crippen LogP) is 0.324. The van der Waals surface area contributed by atoms with Crippen molar-refractivity contribution < 1.29 is 24.6 Å². The molecule has 17 heavy (non-hydrogen) atoms. The largest absolute Gasteiger partial charge is 0.481 e. The smallest absolute Gasteiger partial charge is 0.319 e. The number of carbonyl (C=O) groups is 3. The number of aliphatic carboxylic acids is 2. The Morgan fingerprint density at radius 1 is 1.29 bits per heavy atom. The van der Waals surface area contributed by atoms with E-state index in [4.69, 9.17) is 10.2 Å². The van der Waals surface area contributed by atoms with Crippen molar-refractivity contribution in [2.24, 2.45) is 16.7 Å². The van der Waals surface area contributed by atoms with Gasteiger partial charge in [0, 0.05) is 6.54 Å². The maximum atomic E-state index is 11.8. The molecule has 1 rings (SSSR count). The molecule has 0 aromatic rings. The zero-order chi connectivity index (χ0) is 13.4. The summed E-state index contributed by atoms with van der Waals surface area (Å²) in [6, 6.07) is 0. The molecule has 96 valence electrons. The van der Waals surface area contributed by atoms with Gasteiger partial charge in [-0.1, -0.05) is 20.8 Å². The van der Waals surface area contributed by atoms with Gasteiger partial charge < -0.3 is 15.5 Å². The van der Waals surface area contributed by atoms with Gasteiger partial charge >= 0.3 is 11.9 Å². The Morgan fingerprint density at radius 2 is 1.76 bits per heavy atom. The molecule has 0 bridgehead atoms. The first-order valence-corrected chi connectivity index (χ1v) is 5.39. The van der Waals surface area contributed by atoms with Crippen LogP contribution in [0.1, 0.15) is 27.2 Å². The molecule has 3 N–H and O–H groups in total. The van der Waals surface area contributed by atoms with E-state index in [9.17, 15) is 14.4 Å². The van der Waals surface area contributed by atoms with Crippen molar-refractivity contribution in [1.29, 1.82) is 0 Å². The van der Waals surface area contributed by atoms with Crippen LogP contribution < -0.4 is 5.32 Å². The third-order valence-electron chi connectivity index (χ3n) is 3.48. The first kappa shape index (κ1) is 13.5. The molecular weight excluding hydrogens is 226 g/mol. The fourth-order valence-corrected chi connectivity index (χ4v) is 1.95. The fraction of sp³-hybridized carbons (Fsp3) is 0.727. The average Bonchev–Trinajstić information content (AvgIpc) is 2.79. The number of carboxylic acid groups (broad SMARTS) is 2. The highest BCUT2D eigenvalue weighted by Crippen LogP contribution is 2.63. The lowest BCUT2D eigenvalue weighted by Crippen LogP contribution is -2.42. The summed E-state index contributed by atoms with van der Waals surface area (Å²) in [5.41, 5.74) is -1.97. The third-order valence-corrected chi connectivity index (χ3v) is 3.48. The molecule has 2 atom stereocenters. The van der Waals surface area contributed by atoms with Crippen LogP contribution in [0.2, 0.25) is 0 Å². The highest BCUT2D eigenvalue weighted by Gasteiger charge is 2.71. The number of hydrogen-bond acceptors (Lipinski definition) is 3. The molecule has 0 saturated heterocycles. The van der Waals surface area contributed by atoms with Crippen molar-refractivity contribution in [1.82, 2.24) is 5.32 Å². The Labute approximate surface area is 99.0 Å². The number of hydrogen-bond donors (Lipinski definition) is 3. The second-order valence-electron chi connectivity index (χ2n) is 5.22. The summed E-state index contributed by atoms with van der Waals surface area (Å²) < 4.78 is 0. The molecule has 0 spiro atoms. The molecule has 1 saturated carbocycles. The SMILES string of the molecule is CC(CNC(=O)C1(C(=O)O)CC1(C)C)C(=O)O. The van der Waals surface area contributed by atoms with E-state index >= 15 is 0 Å². The monoisotopic (exact) mass is 243 g/mol. The van der Waals surface area contributed by atoms with Crippen molar-refractivity contribution in [3.05, 3.63) is 0 Å². The minimum atomic E-state index is -1.40. The standard InChI is InChI=1S/C11H17NO5/c1-6(7(13)14)4-12-8(15)11(9(16)17)5-10(11,2)3/h6H,4-5H2,1-3H3,(H,12,15)(H,13,14)(H,16,17). The van der Waals surface area contributed by atoms with Crippen LogP contribution in [-0.4, -0.2) is 34.6 Å². The molecular formula is C11H17NO5. The quantitative estimate of drug-likeness (QED) is 0.603. The molecule has 0 aromatic carbocycles. The van der Waals surface area contributed by atoms with Gasteiger partial charge in [0.05, 0.1) is 5.92 Å². The van der Waals surface area contributed by atoms with Crippen molar-refractivity contribution >= 4 is 17.8 Å². The molecule has 0 aromatic heterocycles. The molecule has 1 fully saturated rings. The fourth-order valence-electron chi connectivity index (χ4n) is 1.95. The van der Waals surface area contributed by atoms with Crippen LogP contribution >= 0.6 is 0 Å². The zero-order valence-electron chi connectivity index (χ0n) is 10.1. The Bertz CT molecular complexity index is 376. The second-order valence-corrected chi connectivity index (χ2v) is 5.22. The van der Waals surface area contributed by atoms with E-state index in [-0.39, 0.29) is 13.0 Å². The lowest BCUT2D eigenvalue weighted by molar-refractivity contribution is -0.150. The van der Waals surface area contributed by atoms with E-state index in [1.807, 2.05) is 0 Å². The van der Waals surface area contributed by atoms with Crippen molar-refractivity contribution in [2.45, 2.75) is 27.2 Å². The van der Waals surface area contributed by atoms with Gasteiger partial charge in [-0.2, -0.15) is 0 Å². The van der Waals surface area contributed by atoms with Crippen LogP contribution in [-0.2, 0) is 14.4 Å². The molecule has 0 radical (unpaired) electrons. The minimum Gasteiger partial charge on any atom is -0.481 e. The van der Waals surface area contributed by atoms with E-state index in [0.717, 1.165) is 0 Å². The number of carboxylic acids is 2. The highest BCUT2D eigenvalue weighted by atomic mass is 16.4. The normalized spacial score (nSPS) is 27.0. The Balaban J connectivity index is 2.65. The highest BCUT2D eigenvalue weighted by molar-refractivity contribution is 6.06. The summed E-state index contributed by atoms with van der Waals surface area (Å²) in [4.78, 5) is 33.5. The van der Waals surface area contributed by atoms with Gasteiger partial charge in [-0.3, -0.25) is 14.4 Å². The van der Waals surface area contributed by atoms with Crippen molar-refractivity contribution in [2.75, 3.05) is 6.54 Å². The van der Waals surface area contributed by atoms with Gasteiger partial charge in [0.15, 0.2) is 5.41 Å². The summed E-state index contributed by atoms with van der Waals surface area (Å²) in [6.07, 6.45) is 0.280. The summed E-state index contributed by atoms with van der Waals surface area (Å²) in [5.74, 6) is -3.50. The van der Waals surface area contributed by atoms with Crippen LogP contribution in [0.5, 0.6) is 0 Å². The van der Waals surface area contributed by atoms with Gasteiger partial charge in [-0.15, -0.1) is 0 Å². The summed E-state index contributed by atoms with van der Waals surface area (Å²) >= 11 is 0. The first-order chi connectivity index (χ1) is 7.65. The van der Waals surface area contributed by atoms with Crippen LogP contribution in [0.3, 0.4) is 0 Å². The van der Waals surface area contributed by atoms with E-state index in [2.05, 4.69) is 5.32 Å². The molecule has 0 aliphatic heterocycles. The van der Waals surface area contributed by atoms with Gasteiger partial charge in [0.2, 0.25) is 5.91 Å². The Kier molecular flexibility index (Phi) is 3.18. The molecule has 6 heteroatoms. The molecule has 6 nitrogen and oxygen atoms in total. The first-order valence-electron chi connectivity index (χ1n) is 5.39. The maximum Gasteiger partial charge on any atom is 0.319 e. The topological polar surface area (TPSA) is 104 Å². The molecule has 0 heterocycles. The van der Waals surface area contributed by atoms with Gasteiger partial charge in [-0.25, -0.2) is 0 Å². The van der Waals surface area contributed by atoms with E-state index in [1.54, 1.807) is 13.8 Å². The number of carbonyl (C=O) groups excluding carboxylic acids is 1. The zero-order valence-corrected chi connectivity index (χ0v) is 10.1. The third kappa shape index (κ3) is 2.11. The van der Waals surface area contributed by atoms with E-state index in [0.29, 0.717) is 0 Å². The predicted molar refractivity (Wildman–Crippen MR) is 58.3 cm³/mol. The van der Waals surface area contributed by atoms with Gasteiger partial charge in [-0.05, 0) is 11.8 Å². The van der Waals surface area contributed by atoms with Crippen LogP contribution in [0.4, 0.5) is 0 Å². The Hall–Kier alpha value is -1.59.